The van der Waals surface area contributed by atoms with Crippen LogP contribution in [-0.2, 0) is 15.2 Å². The second-order valence-corrected chi connectivity index (χ2v) is 10.8. The maximum absolute atomic E-state index is 12.2. The summed E-state index contributed by atoms with van der Waals surface area (Å²) in [5, 5.41) is 10.0. The van der Waals surface area contributed by atoms with Gasteiger partial charge in [-0.15, -0.1) is 0 Å². The van der Waals surface area contributed by atoms with Crippen molar-refractivity contribution in [1.29, 1.82) is 0 Å². The van der Waals surface area contributed by atoms with Crippen LogP contribution in [0.15, 0.2) is 12.2 Å². The summed E-state index contributed by atoms with van der Waals surface area (Å²) in [5.74, 6) is 3.68. The Morgan fingerprint density at radius 1 is 1.04 bits per heavy atom. The molecule has 8 atom stereocenters. The van der Waals surface area contributed by atoms with E-state index in [9.17, 15) is 9.90 Å². The number of fused-ring (bicyclic) bond motifs is 5. The van der Waals surface area contributed by atoms with Crippen LogP contribution in [-0.4, -0.2) is 34.5 Å². The van der Waals surface area contributed by atoms with Crippen molar-refractivity contribution in [1.82, 2.24) is 0 Å². The monoisotopic (exact) mass is 414 g/mol. The van der Waals surface area contributed by atoms with Gasteiger partial charge in [-0.3, -0.25) is 13.9 Å². The quantitative estimate of drug-likeness (QED) is 0.445. The Labute approximate surface area is 168 Å². The standard InChI is InChI=1S/C21H32O2.H2O4S/c1-13(22)17-6-7-18-16-5-4-14-12-15(23)8-10-20(14,2)19(16)9-11-21(17,18)3;1-5(2,3)4/h8,10,14-19,23H,4-7,9,11-12H2,1-3H3;(H2,1,2,3,4)/t14?,15?,16-,17+,18-,19-,20-,21+;/m0./s1. The van der Waals surface area contributed by atoms with Gasteiger partial charge in [-0.1, -0.05) is 26.0 Å². The lowest BCUT2D eigenvalue weighted by atomic mass is 9.46. The molecule has 0 aliphatic heterocycles. The van der Waals surface area contributed by atoms with Gasteiger partial charge < -0.3 is 5.11 Å². The summed E-state index contributed by atoms with van der Waals surface area (Å²) in [6.45, 7) is 6.69. The van der Waals surface area contributed by atoms with Gasteiger partial charge in [0.05, 0.1) is 6.10 Å². The molecule has 0 aromatic rings. The normalized spacial score (nSPS) is 47.2. The summed E-state index contributed by atoms with van der Waals surface area (Å²) in [7, 11) is -4.67. The fourth-order valence-corrected chi connectivity index (χ4v) is 7.46. The lowest BCUT2D eigenvalue weighted by Crippen LogP contribution is -2.53. The van der Waals surface area contributed by atoms with Crippen molar-refractivity contribution in [3.05, 3.63) is 12.2 Å². The molecule has 3 fully saturated rings. The third-order valence-electron chi connectivity index (χ3n) is 8.66. The molecular weight excluding hydrogens is 380 g/mol. The van der Waals surface area contributed by atoms with Crippen LogP contribution in [0.4, 0.5) is 0 Å². The number of rotatable bonds is 1. The number of ketones is 1. The molecule has 0 bridgehead atoms. The van der Waals surface area contributed by atoms with E-state index in [0.717, 1.165) is 30.6 Å². The number of aliphatic hydroxyl groups excluding tert-OH is 1. The van der Waals surface area contributed by atoms with Crippen molar-refractivity contribution in [2.75, 3.05) is 0 Å². The first-order chi connectivity index (χ1) is 12.9. The Balaban J connectivity index is 0.000000403. The van der Waals surface area contributed by atoms with Gasteiger partial charge in [-0.2, -0.15) is 8.42 Å². The molecule has 28 heavy (non-hydrogen) atoms. The van der Waals surface area contributed by atoms with Gasteiger partial charge in [-0.25, -0.2) is 0 Å². The number of aliphatic hydroxyl groups is 1. The first-order valence-electron chi connectivity index (χ1n) is 10.4. The molecular formula is C21H34O6S. The molecule has 0 aromatic carbocycles. The zero-order valence-corrected chi connectivity index (χ0v) is 17.9. The maximum atomic E-state index is 12.2. The minimum atomic E-state index is -4.67. The second-order valence-electron chi connectivity index (χ2n) is 9.91. The number of allylic oxidation sites excluding steroid dienone is 1. The number of carbonyl (C=O) groups excluding carboxylic acids is 1. The molecule has 0 spiro atoms. The largest absolute Gasteiger partial charge is 0.394 e. The smallest absolute Gasteiger partial charge is 0.389 e. The van der Waals surface area contributed by atoms with Crippen molar-refractivity contribution >= 4 is 16.2 Å². The first-order valence-corrected chi connectivity index (χ1v) is 11.8. The van der Waals surface area contributed by atoms with E-state index in [-0.39, 0.29) is 16.9 Å². The minimum Gasteiger partial charge on any atom is -0.389 e. The summed E-state index contributed by atoms with van der Waals surface area (Å²) in [6, 6.07) is 0. The SMILES string of the molecule is CC(=O)[C@H]1CC[C@H]2[C@@H]3CCC4CC(O)C=C[C@]4(C)[C@H]3CC[C@]12C.O=S(=O)(O)O. The molecule has 160 valence electrons. The van der Waals surface area contributed by atoms with Crippen LogP contribution < -0.4 is 0 Å². The molecule has 0 amide bonds. The number of carbonyl (C=O) groups is 1. The zero-order chi connectivity index (χ0) is 20.9. The van der Waals surface area contributed by atoms with E-state index in [4.69, 9.17) is 17.5 Å². The molecule has 2 unspecified atom stereocenters. The molecule has 7 heteroatoms. The molecule has 6 nitrogen and oxygen atoms in total. The summed E-state index contributed by atoms with van der Waals surface area (Å²) in [5.41, 5.74) is 0.534. The Hall–Kier alpha value is -0.760. The van der Waals surface area contributed by atoms with E-state index in [1.54, 1.807) is 0 Å². The van der Waals surface area contributed by atoms with Gasteiger partial charge in [0.2, 0.25) is 0 Å². The lowest BCUT2D eigenvalue weighted by Gasteiger charge is -2.59. The molecule has 4 aliphatic carbocycles. The van der Waals surface area contributed by atoms with Crippen molar-refractivity contribution in [3.63, 3.8) is 0 Å². The third-order valence-corrected chi connectivity index (χ3v) is 8.66. The van der Waals surface area contributed by atoms with E-state index < -0.39 is 10.4 Å². The molecule has 0 radical (unpaired) electrons. The van der Waals surface area contributed by atoms with E-state index in [1.807, 2.05) is 6.92 Å². The molecule has 4 aliphatic rings. The lowest BCUT2D eigenvalue weighted by molar-refractivity contribution is -0.129. The molecule has 0 aromatic heterocycles. The molecule has 0 saturated heterocycles. The van der Waals surface area contributed by atoms with Crippen LogP contribution in [0.1, 0.15) is 65.7 Å². The summed E-state index contributed by atoms with van der Waals surface area (Å²) < 4.78 is 31.6. The van der Waals surface area contributed by atoms with Gasteiger partial charge in [0.15, 0.2) is 0 Å². The van der Waals surface area contributed by atoms with Crippen LogP contribution in [0, 0.1) is 40.4 Å². The van der Waals surface area contributed by atoms with Crippen LogP contribution in [0.25, 0.3) is 0 Å². The van der Waals surface area contributed by atoms with Crippen molar-refractivity contribution in [2.45, 2.75) is 71.8 Å². The van der Waals surface area contributed by atoms with Gasteiger partial charge in [0, 0.05) is 5.92 Å². The highest BCUT2D eigenvalue weighted by molar-refractivity contribution is 7.79. The third kappa shape index (κ3) is 3.95. The van der Waals surface area contributed by atoms with E-state index in [1.165, 1.54) is 32.1 Å². The van der Waals surface area contributed by atoms with Crippen LogP contribution in [0.5, 0.6) is 0 Å². The summed E-state index contributed by atoms with van der Waals surface area (Å²) in [4.78, 5) is 12.2. The van der Waals surface area contributed by atoms with E-state index in [2.05, 4.69) is 26.0 Å². The average Bonchev–Trinajstić information content (AvgIpc) is 2.91. The van der Waals surface area contributed by atoms with Gasteiger partial charge >= 0.3 is 10.4 Å². The van der Waals surface area contributed by atoms with Crippen molar-refractivity contribution < 1.29 is 27.4 Å². The van der Waals surface area contributed by atoms with Crippen molar-refractivity contribution in [3.8, 4) is 0 Å². The topological polar surface area (TPSA) is 112 Å². The molecule has 3 N–H and O–H groups in total. The predicted molar refractivity (Wildman–Crippen MR) is 106 cm³/mol. The van der Waals surface area contributed by atoms with Gasteiger partial charge in [-0.05, 0) is 86.4 Å². The van der Waals surface area contributed by atoms with Crippen LogP contribution >= 0.6 is 0 Å². The summed E-state index contributed by atoms with van der Waals surface area (Å²) >= 11 is 0. The molecule has 3 saturated carbocycles. The zero-order valence-electron chi connectivity index (χ0n) is 17.0. The van der Waals surface area contributed by atoms with Gasteiger partial charge in [0.25, 0.3) is 0 Å². The Morgan fingerprint density at radius 3 is 2.29 bits per heavy atom. The highest BCUT2D eigenvalue weighted by atomic mass is 32.3. The second kappa shape index (κ2) is 7.49. The fraction of sp³-hybridized carbons (Fsp3) is 0.857. The first kappa shape index (κ1) is 21.9. The summed E-state index contributed by atoms with van der Waals surface area (Å²) in [6.07, 6.45) is 12.6. The fourth-order valence-electron chi connectivity index (χ4n) is 7.46. The van der Waals surface area contributed by atoms with Gasteiger partial charge in [0.1, 0.15) is 5.78 Å². The maximum Gasteiger partial charge on any atom is 0.394 e. The highest BCUT2D eigenvalue weighted by Crippen LogP contribution is 2.66. The van der Waals surface area contributed by atoms with Crippen molar-refractivity contribution in [2.24, 2.45) is 40.4 Å². The Kier molecular flexibility index (Phi) is 5.87. The van der Waals surface area contributed by atoms with Crippen LogP contribution in [0.2, 0.25) is 0 Å². The number of Topliss-reactive ketones (excluding diaryl/α,β-unsaturated/α-hetero) is 1. The predicted octanol–water partition coefficient (Wildman–Crippen LogP) is 3.72. The number of hydrogen-bond acceptors (Lipinski definition) is 4. The van der Waals surface area contributed by atoms with E-state index >= 15 is 0 Å². The number of hydrogen-bond donors (Lipinski definition) is 3. The Morgan fingerprint density at radius 2 is 1.68 bits per heavy atom. The molecule has 0 heterocycles. The molecule has 4 rings (SSSR count). The highest BCUT2D eigenvalue weighted by Gasteiger charge is 2.60. The Bertz CT molecular complexity index is 738. The van der Waals surface area contributed by atoms with E-state index in [0.29, 0.717) is 17.6 Å². The minimum absolute atomic E-state index is 0.230. The van der Waals surface area contributed by atoms with Crippen LogP contribution in [0.3, 0.4) is 0 Å². The average molecular weight is 415 g/mol.